The average molecular weight is 287 g/mol. The topological polar surface area (TPSA) is 32.3 Å². The highest BCUT2D eigenvalue weighted by atomic mass is 16.3. The highest BCUT2D eigenvalue weighted by molar-refractivity contribution is 5.57. The largest absolute Gasteiger partial charge is 0.507 e. The summed E-state index contributed by atoms with van der Waals surface area (Å²) in [7, 11) is 0. The van der Waals surface area contributed by atoms with Gasteiger partial charge < -0.3 is 10.4 Å². The number of hydrogen-bond acceptors (Lipinski definition) is 2. The normalized spacial score (nSPS) is 31.0. The molecule has 1 aromatic rings. The van der Waals surface area contributed by atoms with Crippen molar-refractivity contribution in [2.75, 3.05) is 6.54 Å². The van der Waals surface area contributed by atoms with E-state index in [9.17, 15) is 5.11 Å². The predicted octanol–water partition coefficient (Wildman–Crippen LogP) is 4.73. The second kappa shape index (κ2) is 5.31. The van der Waals surface area contributed by atoms with Crippen molar-refractivity contribution >= 4 is 0 Å². The first-order valence-corrected chi connectivity index (χ1v) is 8.57. The van der Waals surface area contributed by atoms with Crippen molar-refractivity contribution in [2.24, 2.45) is 5.41 Å². The van der Waals surface area contributed by atoms with E-state index in [-0.39, 0.29) is 5.41 Å². The summed E-state index contributed by atoms with van der Waals surface area (Å²) >= 11 is 0. The van der Waals surface area contributed by atoms with Crippen LogP contribution in [-0.4, -0.2) is 11.7 Å². The van der Waals surface area contributed by atoms with Crippen LogP contribution < -0.4 is 5.32 Å². The molecule has 0 heterocycles. The zero-order chi connectivity index (χ0) is 15.2. The maximum atomic E-state index is 10.7. The lowest BCUT2D eigenvalue weighted by Gasteiger charge is -2.41. The zero-order valence-corrected chi connectivity index (χ0v) is 13.9. The molecule has 2 aliphatic carbocycles. The average Bonchev–Trinajstić information content (AvgIpc) is 2.72. The van der Waals surface area contributed by atoms with E-state index >= 15 is 0 Å². The van der Waals surface area contributed by atoms with Gasteiger partial charge >= 0.3 is 0 Å². The van der Waals surface area contributed by atoms with Gasteiger partial charge in [0.05, 0.1) is 0 Å². The van der Waals surface area contributed by atoms with Gasteiger partial charge in [0.1, 0.15) is 5.75 Å². The lowest BCUT2D eigenvalue weighted by Crippen LogP contribution is -2.37. The molecular weight excluding hydrogens is 258 g/mol. The van der Waals surface area contributed by atoms with Crippen LogP contribution in [-0.2, 0) is 0 Å². The number of benzene rings is 1. The number of nitrogens with one attached hydrogen (secondary N) is 1. The summed E-state index contributed by atoms with van der Waals surface area (Å²) in [6.07, 6.45) is 6.33. The Hall–Kier alpha value is -1.02. The molecule has 2 aliphatic rings. The Morgan fingerprint density at radius 2 is 2.00 bits per heavy atom. The molecule has 2 nitrogen and oxygen atoms in total. The molecule has 116 valence electrons. The fourth-order valence-electron chi connectivity index (χ4n) is 4.91. The summed E-state index contributed by atoms with van der Waals surface area (Å²) in [5.74, 6) is 1.15. The summed E-state index contributed by atoms with van der Waals surface area (Å²) in [5, 5.41) is 14.5. The molecule has 3 atom stereocenters. The number of fused-ring (bicyclic) bond motifs is 3. The standard InChI is InChI=1S/C19H29NO/c1-5-10-20-18-16-15(12(2)11-13(3)17(16)21)14-8-6-7-9-19(14,18)4/h11,14,18,20-21H,5-10H2,1-4H3. The maximum Gasteiger partial charge on any atom is 0.123 e. The Morgan fingerprint density at radius 3 is 2.71 bits per heavy atom. The van der Waals surface area contributed by atoms with Gasteiger partial charge in [-0.3, -0.25) is 0 Å². The number of rotatable bonds is 3. The Balaban J connectivity index is 2.16. The van der Waals surface area contributed by atoms with E-state index in [1.165, 1.54) is 42.4 Å². The number of phenolic OH excluding ortho intramolecular Hbond substituents is 1. The van der Waals surface area contributed by atoms with Gasteiger partial charge in [-0.25, -0.2) is 0 Å². The molecule has 0 aromatic heterocycles. The quantitative estimate of drug-likeness (QED) is 0.842. The van der Waals surface area contributed by atoms with Crippen LogP contribution in [0.15, 0.2) is 6.07 Å². The van der Waals surface area contributed by atoms with Crippen LogP contribution in [0.25, 0.3) is 0 Å². The van der Waals surface area contributed by atoms with Gasteiger partial charge in [0.2, 0.25) is 0 Å². The van der Waals surface area contributed by atoms with E-state index in [4.69, 9.17) is 0 Å². The molecule has 0 amide bonds. The second-order valence-corrected chi connectivity index (χ2v) is 7.38. The lowest BCUT2D eigenvalue weighted by molar-refractivity contribution is 0.135. The van der Waals surface area contributed by atoms with Crippen LogP contribution in [0.2, 0.25) is 0 Å². The molecule has 3 rings (SSSR count). The molecule has 1 aromatic carbocycles. The minimum atomic E-state index is 0.270. The monoisotopic (exact) mass is 287 g/mol. The molecule has 1 fully saturated rings. The number of hydrogen-bond donors (Lipinski definition) is 2. The van der Waals surface area contributed by atoms with Crippen molar-refractivity contribution in [3.05, 3.63) is 28.3 Å². The van der Waals surface area contributed by atoms with Crippen molar-refractivity contribution in [2.45, 2.75) is 71.8 Å². The molecule has 2 N–H and O–H groups in total. The van der Waals surface area contributed by atoms with Gasteiger partial charge in [0.15, 0.2) is 0 Å². The van der Waals surface area contributed by atoms with E-state index < -0.39 is 0 Å². The summed E-state index contributed by atoms with van der Waals surface area (Å²) in [6.45, 7) is 9.94. The third kappa shape index (κ3) is 2.11. The summed E-state index contributed by atoms with van der Waals surface area (Å²) in [6, 6.07) is 2.49. The number of aryl methyl sites for hydroxylation is 2. The highest BCUT2D eigenvalue weighted by Gasteiger charge is 2.52. The van der Waals surface area contributed by atoms with Crippen LogP contribution >= 0.6 is 0 Å². The molecule has 2 heteroatoms. The molecule has 0 saturated heterocycles. The van der Waals surface area contributed by atoms with Crippen molar-refractivity contribution in [3.8, 4) is 5.75 Å². The lowest BCUT2D eigenvalue weighted by atomic mass is 9.66. The van der Waals surface area contributed by atoms with Crippen LogP contribution in [0.5, 0.6) is 5.75 Å². The van der Waals surface area contributed by atoms with Gasteiger partial charge in [-0.1, -0.05) is 32.8 Å². The van der Waals surface area contributed by atoms with Gasteiger partial charge in [-0.15, -0.1) is 0 Å². The molecule has 21 heavy (non-hydrogen) atoms. The predicted molar refractivity (Wildman–Crippen MR) is 87.9 cm³/mol. The summed E-state index contributed by atoms with van der Waals surface area (Å²) in [4.78, 5) is 0. The first-order chi connectivity index (χ1) is 10.0. The van der Waals surface area contributed by atoms with Crippen molar-refractivity contribution in [3.63, 3.8) is 0 Å². The van der Waals surface area contributed by atoms with Crippen molar-refractivity contribution in [1.82, 2.24) is 5.32 Å². The van der Waals surface area contributed by atoms with Gasteiger partial charge in [-0.2, -0.15) is 0 Å². The van der Waals surface area contributed by atoms with E-state index in [2.05, 4.69) is 32.2 Å². The Kier molecular flexibility index (Phi) is 3.77. The smallest absolute Gasteiger partial charge is 0.123 e. The minimum absolute atomic E-state index is 0.270. The van der Waals surface area contributed by atoms with Crippen molar-refractivity contribution < 1.29 is 5.11 Å². The molecule has 1 saturated carbocycles. The SMILES string of the molecule is CCCNC1c2c(O)c(C)cc(C)c2C2CCCCC21C. The number of phenols is 1. The van der Waals surface area contributed by atoms with Crippen LogP contribution in [0.3, 0.4) is 0 Å². The highest BCUT2D eigenvalue weighted by Crippen LogP contribution is 2.63. The maximum absolute atomic E-state index is 10.7. The molecule has 0 bridgehead atoms. The zero-order valence-electron chi connectivity index (χ0n) is 13.9. The molecule has 3 unspecified atom stereocenters. The van der Waals surface area contributed by atoms with Crippen LogP contribution in [0, 0.1) is 19.3 Å². The molecular formula is C19H29NO. The number of aromatic hydroxyl groups is 1. The third-order valence-corrected chi connectivity index (χ3v) is 5.93. The van der Waals surface area contributed by atoms with E-state index in [0.29, 0.717) is 17.7 Å². The summed E-state index contributed by atoms with van der Waals surface area (Å²) < 4.78 is 0. The van der Waals surface area contributed by atoms with E-state index in [0.717, 1.165) is 18.5 Å². The van der Waals surface area contributed by atoms with Gasteiger partial charge in [-0.05, 0) is 67.7 Å². The Bertz CT molecular complexity index is 551. The molecule has 0 aliphatic heterocycles. The minimum Gasteiger partial charge on any atom is -0.507 e. The van der Waals surface area contributed by atoms with Crippen LogP contribution in [0.1, 0.15) is 80.2 Å². The van der Waals surface area contributed by atoms with Crippen molar-refractivity contribution in [1.29, 1.82) is 0 Å². The van der Waals surface area contributed by atoms with E-state index in [1.807, 2.05) is 6.92 Å². The van der Waals surface area contributed by atoms with E-state index in [1.54, 1.807) is 0 Å². The van der Waals surface area contributed by atoms with Gasteiger partial charge in [0.25, 0.3) is 0 Å². The second-order valence-electron chi connectivity index (χ2n) is 7.38. The molecule has 0 radical (unpaired) electrons. The fraction of sp³-hybridized carbons (Fsp3) is 0.684. The van der Waals surface area contributed by atoms with Gasteiger partial charge in [0, 0.05) is 11.6 Å². The first-order valence-electron chi connectivity index (χ1n) is 8.57. The fourth-order valence-corrected chi connectivity index (χ4v) is 4.91. The Morgan fingerprint density at radius 1 is 1.24 bits per heavy atom. The first kappa shape index (κ1) is 14.9. The Labute approximate surface area is 129 Å². The molecule has 0 spiro atoms. The third-order valence-electron chi connectivity index (χ3n) is 5.93. The van der Waals surface area contributed by atoms with Crippen LogP contribution in [0.4, 0.5) is 0 Å². The summed E-state index contributed by atoms with van der Waals surface area (Å²) in [5.41, 5.74) is 5.34.